The first-order valence-electron chi connectivity index (χ1n) is 7.64. The third-order valence-corrected chi connectivity index (χ3v) is 3.79. The number of amides is 1. The predicted molar refractivity (Wildman–Crippen MR) is 101 cm³/mol. The van der Waals surface area contributed by atoms with Crippen LogP contribution in [0.1, 0.15) is 15.9 Å². The lowest BCUT2D eigenvalue weighted by Gasteiger charge is -2.14. The molecule has 0 saturated carbocycles. The number of benzene rings is 1. The zero-order valence-corrected chi connectivity index (χ0v) is 14.6. The summed E-state index contributed by atoms with van der Waals surface area (Å²) in [6.07, 6.45) is 4.37. The van der Waals surface area contributed by atoms with E-state index in [0.717, 1.165) is 11.3 Å². The molecule has 0 radical (unpaired) electrons. The largest absolute Gasteiger partial charge is 0.393 e. The number of nitrogens with one attached hydrogen (secondary N) is 3. The molecule has 2 heterocycles. The van der Waals surface area contributed by atoms with Gasteiger partial charge in [0.05, 0.1) is 5.56 Å². The molecular formula is C17H16ClN7O. The van der Waals surface area contributed by atoms with Gasteiger partial charge in [-0.25, -0.2) is 9.97 Å². The number of nitrogens with zero attached hydrogens (tertiary/aromatic N) is 3. The molecule has 0 aliphatic carbocycles. The van der Waals surface area contributed by atoms with Gasteiger partial charge < -0.3 is 11.1 Å². The first-order valence-corrected chi connectivity index (χ1v) is 8.02. The van der Waals surface area contributed by atoms with Crippen molar-refractivity contribution in [1.82, 2.24) is 20.4 Å². The van der Waals surface area contributed by atoms with Gasteiger partial charge in [0.1, 0.15) is 12.0 Å². The molecule has 26 heavy (non-hydrogen) atoms. The minimum Gasteiger partial charge on any atom is -0.393 e. The summed E-state index contributed by atoms with van der Waals surface area (Å²) < 4.78 is 0. The highest BCUT2D eigenvalue weighted by Gasteiger charge is 2.11. The molecule has 3 rings (SSSR count). The molecule has 0 saturated heterocycles. The van der Waals surface area contributed by atoms with E-state index in [1.54, 1.807) is 30.5 Å². The summed E-state index contributed by atoms with van der Waals surface area (Å²) in [6.45, 7) is 1.93. The molecule has 8 nitrogen and oxygen atoms in total. The number of hydrazine groups is 1. The maximum absolute atomic E-state index is 12.1. The number of rotatable bonds is 5. The van der Waals surface area contributed by atoms with Crippen LogP contribution in [0.15, 0.2) is 49.1 Å². The Kier molecular flexibility index (Phi) is 5.14. The van der Waals surface area contributed by atoms with E-state index in [4.69, 9.17) is 17.3 Å². The third-order valence-electron chi connectivity index (χ3n) is 3.55. The summed E-state index contributed by atoms with van der Waals surface area (Å²) in [5.74, 6) is 0.291. The van der Waals surface area contributed by atoms with E-state index in [9.17, 15) is 4.79 Å². The SMILES string of the molecule is Cc1ccc(Cl)cc1Nc1ncnc(NNC(=O)c2cccnc2)c1N. The fourth-order valence-corrected chi connectivity index (χ4v) is 2.31. The van der Waals surface area contributed by atoms with Crippen LogP contribution in [0.25, 0.3) is 0 Å². The molecule has 0 unspecified atom stereocenters. The van der Waals surface area contributed by atoms with Crippen molar-refractivity contribution >= 4 is 40.5 Å². The Morgan fingerprint density at radius 3 is 2.77 bits per heavy atom. The predicted octanol–water partition coefficient (Wildman–Crippen LogP) is 2.92. The molecule has 3 aromatic rings. The van der Waals surface area contributed by atoms with Gasteiger partial charge >= 0.3 is 0 Å². The summed E-state index contributed by atoms with van der Waals surface area (Å²) in [5, 5.41) is 3.71. The highest BCUT2D eigenvalue weighted by Crippen LogP contribution is 2.28. The second kappa shape index (κ2) is 7.66. The van der Waals surface area contributed by atoms with E-state index in [-0.39, 0.29) is 17.4 Å². The van der Waals surface area contributed by atoms with Crippen molar-refractivity contribution in [3.05, 3.63) is 65.2 Å². The minimum absolute atomic E-state index is 0.248. The number of hydrogen-bond donors (Lipinski definition) is 4. The Labute approximate surface area is 154 Å². The van der Waals surface area contributed by atoms with Crippen molar-refractivity contribution < 1.29 is 4.79 Å². The van der Waals surface area contributed by atoms with Crippen LogP contribution in [-0.4, -0.2) is 20.9 Å². The van der Waals surface area contributed by atoms with Gasteiger partial charge in [0.15, 0.2) is 11.6 Å². The van der Waals surface area contributed by atoms with Crippen LogP contribution < -0.4 is 21.9 Å². The van der Waals surface area contributed by atoms with Crippen molar-refractivity contribution in [3.63, 3.8) is 0 Å². The van der Waals surface area contributed by atoms with Gasteiger partial charge in [-0.2, -0.15) is 0 Å². The number of anilines is 4. The molecule has 0 atom stereocenters. The number of nitrogens with two attached hydrogens (primary N) is 1. The molecule has 1 aromatic carbocycles. The van der Waals surface area contributed by atoms with Gasteiger partial charge in [-0.05, 0) is 36.8 Å². The van der Waals surface area contributed by atoms with E-state index >= 15 is 0 Å². The molecule has 0 spiro atoms. The van der Waals surface area contributed by atoms with Gasteiger partial charge in [0.25, 0.3) is 5.91 Å². The lowest BCUT2D eigenvalue weighted by Crippen LogP contribution is -2.30. The molecule has 0 bridgehead atoms. The van der Waals surface area contributed by atoms with E-state index in [0.29, 0.717) is 16.4 Å². The maximum atomic E-state index is 12.1. The van der Waals surface area contributed by atoms with E-state index in [1.807, 2.05) is 13.0 Å². The number of hydrogen-bond acceptors (Lipinski definition) is 7. The molecule has 5 N–H and O–H groups in total. The standard InChI is InChI=1S/C17H16ClN7O/c1-10-4-5-12(18)7-13(10)23-15-14(19)16(22-9-21-15)24-25-17(26)11-3-2-6-20-8-11/h2-9H,19H2,1H3,(H,25,26)(H2,21,22,23,24). The van der Waals surface area contributed by atoms with Crippen molar-refractivity contribution in [1.29, 1.82) is 0 Å². The Bertz CT molecular complexity index is 934. The van der Waals surface area contributed by atoms with E-state index < -0.39 is 0 Å². The average molecular weight is 370 g/mol. The number of carbonyl (C=O) groups excluding carboxylic acids is 1. The first-order chi connectivity index (χ1) is 12.5. The van der Waals surface area contributed by atoms with Crippen LogP contribution in [0.3, 0.4) is 0 Å². The topological polar surface area (TPSA) is 118 Å². The summed E-state index contributed by atoms with van der Waals surface area (Å²) in [7, 11) is 0. The fourth-order valence-electron chi connectivity index (χ4n) is 2.14. The van der Waals surface area contributed by atoms with Gasteiger partial charge in [-0.1, -0.05) is 17.7 Å². The number of aryl methyl sites for hydroxylation is 1. The van der Waals surface area contributed by atoms with Crippen LogP contribution >= 0.6 is 11.6 Å². The zero-order chi connectivity index (χ0) is 18.5. The highest BCUT2D eigenvalue weighted by molar-refractivity contribution is 6.30. The van der Waals surface area contributed by atoms with Crippen LogP contribution in [-0.2, 0) is 0 Å². The lowest BCUT2D eigenvalue weighted by molar-refractivity contribution is 0.0962. The van der Waals surface area contributed by atoms with Crippen molar-refractivity contribution in [2.45, 2.75) is 6.92 Å². The summed E-state index contributed by atoms with van der Waals surface area (Å²) in [5.41, 5.74) is 13.7. The van der Waals surface area contributed by atoms with E-state index in [2.05, 4.69) is 31.1 Å². The number of aromatic nitrogens is 3. The molecule has 2 aromatic heterocycles. The fraction of sp³-hybridized carbons (Fsp3) is 0.0588. The summed E-state index contributed by atoms with van der Waals surface area (Å²) in [6, 6.07) is 8.77. The second-order valence-corrected chi connectivity index (χ2v) is 5.83. The average Bonchev–Trinajstić information content (AvgIpc) is 2.66. The zero-order valence-electron chi connectivity index (χ0n) is 13.8. The molecular weight excluding hydrogens is 354 g/mol. The molecule has 132 valence electrons. The molecule has 1 amide bonds. The number of halogens is 1. The van der Waals surface area contributed by atoms with Crippen molar-refractivity contribution in [2.75, 3.05) is 16.5 Å². The normalized spacial score (nSPS) is 10.2. The molecule has 9 heteroatoms. The molecule has 0 fully saturated rings. The van der Waals surface area contributed by atoms with Crippen LogP contribution in [0.5, 0.6) is 0 Å². The summed E-state index contributed by atoms with van der Waals surface area (Å²) in [4.78, 5) is 24.1. The summed E-state index contributed by atoms with van der Waals surface area (Å²) >= 11 is 6.03. The van der Waals surface area contributed by atoms with E-state index in [1.165, 1.54) is 12.5 Å². The Hall–Kier alpha value is -3.39. The molecule has 0 aliphatic rings. The van der Waals surface area contributed by atoms with Crippen molar-refractivity contribution in [2.24, 2.45) is 0 Å². The quantitative estimate of drug-likeness (QED) is 0.510. The van der Waals surface area contributed by atoms with Gasteiger partial charge in [0.2, 0.25) is 0 Å². The van der Waals surface area contributed by atoms with Crippen LogP contribution in [0.2, 0.25) is 5.02 Å². The number of carbonyl (C=O) groups is 1. The Morgan fingerprint density at radius 1 is 1.19 bits per heavy atom. The van der Waals surface area contributed by atoms with Crippen molar-refractivity contribution in [3.8, 4) is 0 Å². The monoisotopic (exact) mass is 369 g/mol. The lowest BCUT2D eigenvalue weighted by atomic mass is 10.2. The van der Waals surface area contributed by atoms with Crippen LogP contribution in [0, 0.1) is 6.92 Å². The van der Waals surface area contributed by atoms with Crippen LogP contribution in [0.4, 0.5) is 23.0 Å². The number of nitrogen functional groups attached to an aromatic ring is 1. The van der Waals surface area contributed by atoms with Gasteiger partial charge in [0, 0.05) is 23.1 Å². The molecule has 0 aliphatic heterocycles. The Balaban J connectivity index is 1.75. The minimum atomic E-state index is -0.365. The van der Waals surface area contributed by atoms with Gasteiger partial charge in [-0.3, -0.25) is 20.6 Å². The number of pyridine rings is 1. The maximum Gasteiger partial charge on any atom is 0.271 e. The highest BCUT2D eigenvalue weighted by atomic mass is 35.5. The first kappa shape index (κ1) is 17.4. The smallest absolute Gasteiger partial charge is 0.271 e. The third kappa shape index (κ3) is 3.98. The Morgan fingerprint density at radius 2 is 2.00 bits per heavy atom. The second-order valence-electron chi connectivity index (χ2n) is 5.39. The van der Waals surface area contributed by atoms with Gasteiger partial charge in [-0.15, -0.1) is 0 Å².